The third kappa shape index (κ3) is 5.57. The fraction of sp³-hybridized carbons (Fsp3) is 0.227. The fourth-order valence-electron chi connectivity index (χ4n) is 2.69. The number of hydrogen-bond acceptors (Lipinski definition) is 6. The number of ether oxygens (including phenoxy) is 2. The summed E-state index contributed by atoms with van der Waals surface area (Å²) in [6.45, 7) is 5.34. The summed E-state index contributed by atoms with van der Waals surface area (Å²) in [5.41, 5.74) is 2.17. The number of amides is 1. The molecule has 0 fully saturated rings. The predicted octanol–water partition coefficient (Wildman–Crippen LogP) is 5.36. The van der Waals surface area contributed by atoms with E-state index < -0.39 is 18.0 Å². The molecule has 1 aromatic heterocycles. The smallest absolute Gasteiger partial charge is 0.339 e. The van der Waals surface area contributed by atoms with Crippen molar-refractivity contribution >= 4 is 40.8 Å². The van der Waals surface area contributed by atoms with Crippen LogP contribution in [-0.4, -0.2) is 23.1 Å². The minimum absolute atomic E-state index is 0.208. The van der Waals surface area contributed by atoms with Gasteiger partial charge >= 0.3 is 5.97 Å². The molecule has 9 heteroatoms. The van der Waals surface area contributed by atoms with E-state index in [1.54, 1.807) is 49.4 Å². The molecule has 7 nitrogen and oxygen atoms in total. The Morgan fingerprint density at radius 1 is 1.16 bits per heavy atom. The van der Waals surface area contributed by atoms with Gasteiger partial charge in [0.25, 0.3) is 5.91 Å². The second kappa shape index (κ2) is 9.85. The lowest BCUT2D eigenvalue weighted by atomic mass is 10.2. The molecule has 3 aromatic rings. The minimum atomic E-state index is -1.06. The number of rotatable bonds is 7. The average molecular weight is 463 g/mol. The molecule has 31 heavy (non-hydrogen) atoms. The Kier molecular flexibility index (Phi) is 7.20. The van der Waals surface area contributed by atoms with E-state index in [1.807, 2.05) is 6.92 Å². The number of nitrogens with zero attached hydrogens (tertiary/aromatic N) is 1. The number of carbonyl (C=O) groups excluding carboxylic acids is 2. The summed E-state index contributed by atoms with van der Waals surface area (Å²) in [4.78, 5) is 24.9. The second-order valence-corrected chi connectivity index (χ2v) is 7.54. The highest BCUT2D eigenvalue weighted by Crippen LogP contribution is 2.29. The molecule has 0 spiro atoms. The van der Waals surface area contributed by atoms with E-state index in [0.717, 1.165) is 11.3 Å². The Balaban J connectivity index is 1.61. The highest BCUT2D eigenvalue weighted by Gasteiger charge is 2.21. The number of hydrogen-bond donors (Lipinski definition) is 1. The van der Waals surface area contributed by atoms with Crippen molar-refractivity contribution in [3.05, 3.63) is 75.1 Å². The van der Waals surface area contributed by atoms with Gasteiger partial charge in [-0.05, 0) is 51.1 Å². The Labute approximate surface area is 189 Å². The molecule has 1 unspecified atom stereocenters. The van der Waals surface area contributed by atoms with Gasteiger partial charge in [0.1, 0.15) is 18.1 Å². The molecule has 162 valence electrons. The van der Waals surface area contributed by atoms with Crippen LogP contribution in [0.15, 0.2) is 47.0 Å². The zero-order valence-corrected chi connectivity index (χ0v) is 18.6. The van der Waals surface area contributed by atoms with Crippen LogP contribution in [0.3, 0.4) is 0 Å². The van der Waals surface area contributed by atoms with Gasteiger partial charge in [-0.15, -0.1) is 0 Å². The van der Waals surface area contributed by atoms with Crippen LogP contribution in [0.1, 0.15) is 34.3 Å². The normalized spacial score (nSPS) is 11.6. The van der Waals surface area contributed by atoms with Crippen LogP contribution in [0.25, 0.3) is 0 Å². The largest absolute Gasteiger partial charge is 0.489 e. The number of halogens is 2. The first-order chi connectivity index (χ1) is 14.8. The van der Waals surface area contributed by atoms with Gasteiger partial charge in [0.15, 0.2) is 6.10 Å². The monoisotopic (exact) mass is 462 g/mol. The number of carbonyl (C=O) groups is 2. The summed E-state index contributed by atoms with van der Waals surface area (Å²) >= 11 is 12.0. The van der Waals surface area contributed by atoms with Gasteiger partial charge in [-0.2, -0.15) is 0 Å². The van der Waals surface area contributed by atoms with Crippen LogP contribution >= 0.6 is 23.2 Å². The van der Waals surface area contributed by atoms with Gasteiger partial charge in [-0.25, -0.2) is 4.79 Å². The standard InChI is InChI=1S/C22H20Cl2N2O5/c1-12-17(13(2)31-26-12)11-29-16-7-4-6-15(10-16)22(28)30-14(3)21(27)25-19-9-5-8-18(23)20(19)24/h4-10,14H,11H2,1-3H3,(H,25,27). The fourth-order valence-corrected chi connectivity index (χ4v) is 3.04. The summed E-state index contributed by atoms with van der Waals surface area (Å²) < 4.78 is 16.1. The summed E-state index contributed by atoms with van der Waals surface area (Å²) in [5, 5.41) is 6.99. The average Bonchev–Trinajstić information content (AvgIpc) is 3.07. The molecule has 0 radical (unpaired) electrons. The molecule has 0 bridgehead atoms. The van der Waals surface area contributed by atoms with Crippen molar-refractivity contribution in [2.75, 3.05) is 5.32 Å². The molecule has 1 heterocycles. The van der Waals surface area contributed by atoms with Gasteiger partial charge in [0.2, 0.25) is 0 Å². The number of aromatic nitrogens is 1. The van der Waals surface area contributed by atoms with Crippen LogP contribution in [0.5, 0.6) is 5.75 Å². The van der Waals surface area contributed by atoms with E-state index in [4.69, 9.17) is 37.2 Å². The second-order valence-electron chi connectivity index (χ2n) is 6.76. The lowest BCUT2D eigenvalue weighted by Crippen LogP contribution is -2.30. The quantitative estimate of drug-likeness (QED) is 0.475. The van der Waals surface area contributed by atoms with Crippen LogP contribution in [0.2, 0.25) is 10.0 Å². The maximum Gasteiger partial charge on any atom is 0.339 e. The highest BCUT2D eigenvalue weighted by atomic mass is 35.5. The van der Waals surface area contributed by atoms with Crippen molar-refractivity contribution in [3.8, 4) is 5.75 Å². The topological polar surface area (TPSA) is 90.7 Å². The lowest BCUT2D eigenvalue weighted by molar-refractivity contribution is -0.123. The molecule has 1 atom stereocenters. The summed E-state index contributed by atoms with van der Waals surface area (Å²) in [6.07, 6.45) is -1.06. The van der Waals surface area contributed by atoms with Gasteiger partial charge in [0.05, 0.1) is 32.6 Å². The summed E-state index contributed by atoms with van der Waals surface area (Å²) in [7, 11) is 0. The molecule has 0 saturated carbocycles. The van der Waals surface area contributed by atoms with Crippen LogP contribution in [0.4, 0.5) is 5.69 Å². The molecular formula is C22H20Cl2N2O5. The minimum Gasteiger partial charge on any atom is -0.489 e. The zero-order valence-electron chi connectivity index (χ0n) is 17.1. The Bertz CT molecular complexity index is 1090. The highest BCUT2D eigenvalue weighted by molar-refractivity contribution is 6.44. The Hall–Kier alpha value is -3.03. The van der Waals surface area contributed by atoms with E-state index in [9.17, 15) is 9.59 Å². The van der Waals surface area contributed by atoms with Crippen LogP contribution < -0.4 is 10.1 Å². The van der Waals surface area contributed by atoms with Crippen molar-refractivity contribution in [2.24, 2.45) is 0 Å². The summed E-state index contributed by atoms with van der Waals surface area (Å²) in [5.74, 6) is -0.0593. The maximum atomic E-state index is 12.5. The van der Waals surface area contributed by atoms with Crippen molar-refractivity contribution in [2.45, 2.75) is 33.5 Å². The first-order valence-corrected chi connectivity index (χ1v) is 10.1. The van der Waals surface area contributed by atoms with E-state index in [1.165, 1.54) is 6.92 Å². The van der Waals surface area contributed by atoms with Crippen LogP contribution in [-0.2, 0) is 16.1 Å². The molecule has 0 saturated heterocycles. The number of esters is 1. The van der Waals surface area contributed by atoms with E-state index >= 15 is 0 Å². The van der Waals surface area contributed by atoms with Crippen molar-refractivity contribution in [3.63, 3.8) is 0 Å². The van der Waals surface area contributed by atoms with Crippen LogP contribution in [0, 0.1) is 13.8 Å². The Morgan fingerprint density at radius 2 is 1.90 bits per heavy atom. The van der Waals surface area contributed by atoms with Gasteiger partial charge in [-0.3, -0.25) is 4.79 Å². The third-order valence-corrected chi connectivity index (χ3v) is 5.32. The lowest BCUT2D eigenvalue weighted by Gasteiger charge is -2.15. The Morgan fingerprint density at radius 3 is 2.61 bits per heavy atom. The molecular weight excluding hydrogens is 443 g/mol. The van der Waals surface area contributed by atoms with Gasteiger partial charge in [-0.1, -0.05) is 40.5 Å². The van der Waals surface area contributed by atoms with E-state index in [0.29, 0.717) is 22.2 Å². The number of aryl methyl sites for hydroxylation is 2. The van der Waals surface area contributed by atoms with Gasteiger partial charge < -0.3 is 19.3 Å². The van der Waals surface area contributed by atoms with Crippen molar-refractivity contribution in [1.82, 2.24) is 5.16 Å². The molecule has 0 aliphatic carbocycles. The predicted molar refractivity (Wildman–Crippen MR) is 117 cm³/mol. The van der Waals surface area contributed by atoms with E-state index in [-0.39, 0.29) is 17.2 Å². The molecule has 0 aliphatic heterocycles. The molecule has 0 aliphatic rings. The molecule has 2 aromatic carbocycles. The maximum absolute atomic E-state index is 12.5. The molecule has 1 N–H and O–H groups in total. The molecule has 3 rings (SSSR count). The number of anilines is 1. The number of nitrogens with one attached hydrogen (secondary N) is 1. The first-order valence-electron chi connectivity index (χ1n) is 9.36. The summed E-state index contributed by atoms with van der Waals surface area (Å²) in [6, 6.07) is 11.3. The SMILES string of the molecule is Cc1noc(C)c1COc1cccc(C(=O)OC(C)C(=O)Nc2cccc(Cl)c2Cl)c1. The van der Waals surface area contributed by atoms with Crippen molar-refractivity contribution < 1.29 is 23.6 Å². The zero-order chi connectivity index (χ0) is 22.5. The van der Waals surface area contributed by atoms with Crippen molar-refractivity contribution in [1.29, 1.82) is 0 Å². The molecule has 1 amide bonds. The van der Waals surface area contributed by atoms with E-state index in [2.05, 4.69) is 10.5 Å². The number of benzene rings is 2. The van der Waals surface area contributed by atoms with Gasteiger partial charge in [0, 0.05) is 0 Å². The third-order valence-electron chi connectivity index (χ3n) is 4.50. The first kappa shape index (κ1) is 22.7.